The maximum Gasteiger partial charge on any atom is 0.132 e. The van der Waals surface area contributed by atoms with Gasteiger partial charge in [-0.2, -0.15) is 5.10 Å². The molecule has 0 aliphatic heterocycles. The van der Waals surface area contributed by atoms with Gasteiger partial charge in [0.05, 0.1) is 6.20 Å². The predicted molar refractivity (Wildman–Crippen MR) is 64.0 cm³/mol. The van der Waals surface area contributed by atoms with Gasteiger partial charge in [-0.25, -0.2) is 4.39 Å². The normalized spacial score (nSPS) is 16.1. The molecule has 0 aromatic carbocycles. The molecule has 0 aliphatic carbocycles. The van der Waals surface area contributed by atoms with Crippen LogP contribution in [0, 0.1) is 5.41 Å². The molecule has 16 heavy (non-hydrogen) atoms. The van der Waals surface area contributed by atoms with Crippen molar-refractivity contribution in [1.82, 2.24) is 9.78 Å². The monoisotopic (exact) mass is 227 g/mol. The van der Waals surface area contributed by atoms with Crippen molar-refractivity contribution in [3.8, 4) is 0 Å². The molecule has 0 saturated carbocycles. The Kier molecular flexibility index (Phi) is 3.73. The van der Waals surface area contributed by atoms with Crippen molar-refractivity contribution in [2.75, 3.05) is 6.54 Å². The van der Waals surface area contributed by atoms with E-state index in [1.165, 1.54) is 0 Å². The number of nitrogens with zero attached hydrogens (tertiary/aromatic N) is 2. The van der Waals surface area contributed by atoms with Crippen molar-refractivity contribution >= 4 is 0 Å². The minimum absolute atomic E-state index is 0.0355. The summed E-state index contributed by atoms with van der Waals surface area (Å²) in [7, 11) is 0. The summed E-state index contributed by atoms with van der Waals surface area (Å²) in [5.74, 6) is 0. The lowest BCUT2D eigenvalue weighted by Gasteiger charge is -2.36. The molecular weight excluding hydrogens is 205 g/mol. The van der Waals surface area contributed by atoms with E-state index in [0.29, 0.717) is 6.42 Å². The number of aryl methyl sites for hydroxylation is 1. The first kappa shape index (κ1) is 13.2. The number of hydrogen-bond acceptors (Lipinski definition) is 2. The molecular formula is C12H22FN3. The molecule has 92 valence electrons. The van der Waals surface area contributed by atoms with Crippen molar-refractivity contribution in [3.05, 3.63) is 18.0 Å². The molecule has 1 rings (SSSR count). The van der Waals surface area contributed by atoms with Crippen LogP contribution < -0.4 is 5.73 Å². The first-order valence-electron chi connectivity index (χ1n) is 5.72. The summed E-state index contributed by atoms with van der Waals surface area (Å²) in [5, 5.41) is 4.14. The third kappa shape index (κ3) is 2.61. The number of halogens is 1. The van der Waals surface area contributed by atoms with Crippen LogP contribution in [-0.2, 0) is 13.0 Å². The standard InChI is InChI=1S/C12H22FN3/c1-5-16-8-10(7-15-16)6-12(13,9-14)11(2,3)4/h7-8H,5-6,9,14H2,1-4H3. The van der Waals surface area contributed by atoms with E-state index in [1.54, 1.807) is 10.9 Å². The second-order valence-corrected chi connectivity index (χ2v) is 5.30. The predicted octanol–water partition coefficient (Wildman–Crippen LogP) is 2.16. The van der Waals surface area contributed by atoms with Gasteiger partial charge in [0.25, 0.3) is 0 Å². The van der Waals surface area contributed by atoms with Gasteiger partial charge in [0, 0.05) is 25.7 Å². The molecule has 0 bridgehead atoms. The molecule has 3 nitrogen and oxygen atoms in total. The van der Waals surface area contributed by atoms with Crippen LogP contribution in [-0.4, -0.2) is 22.0 Å². The first-order chi connectivity index (χ1) is 7.32. The number of rotatable bonds is 4. The van der Waals surface area contributed by atoms with E-state index in [-0.39, 0.29) is 6.54 Å². The summed E-state index contributed by atoms with van der Waals surface area (Å²) in [6, 6.07) is 0. The lowest BCUT2D eigenvalue weighted by atomic mass is 9.75. The molecule has 1 aromatic heterocycles. The van der Waals surface area contributed by atoms with Gasteiger partial charge in [-0.1, -0.05) is 20.8 Å². The number of hydrogen-bond donors (Lipinski definition) is 1. The number of aromatic nitrogens is 2. The van der Waals surface area contributed by atoms with Crippen LogP contribution in [0.4, 0.5) is 4.39 Å². The van der Waals surface area contributed by atoms with Crippen LogP contribution in [0.5, 0.6) is 0 Å². The van der Waals surface area contributed by atoms with Gasteiger partial charge in [-0.05, 0) is 17.9 Å². The first-order valence-corrected chi connectivity index (χ1v) is 5.72. The average molecular weight is 227 g/mol. The van der Waals surface area contributed by atoms with Gasteiger partial charge in [0.1, 0.15) is 5.67 Å². The van der Waals surface area contributed by atoms with Gasteiger partial charge in [0.15, 0.2) is 0 Å². The maximum absolute atomic E-state index is 14.7. The fourth-order valence-electron chi connectivity index (χ4n) is 1.64. The Balaban J connectivity index is 2.85. The van der Waals surface area contributed by atoms with Crippen molar-refractivity contribution in [3.63, 3.8) is 0 Å². The molecule has 0 saturated heterocycles. The molecule has 0 aliphatic rings. The van der Waals surface area contributed by atoms with Gasteiger partial charge < -0.3 is 5.73 Å². The average Bonchev–Trinajstić information content (AvgIpc) is 2.63. The Morgan fingerprint density at radius 2 is 2.06 bits per heavy atom. The quantitative estimate of drug-likeness (QED) is 0.856. The van der Waals surface area contributed by atoms with Crippen LogP contribution >= 0.6 is 0 Å². The zero-order valence-electron chi connectivity index (χ0n) is 10.6. The maximum atomic E-state index is 14.7. The largest absolute Gasteiger partial charge is 0.327 e. The molecule has 2 N–H and O–H groups in total. The molecule has 1 atom stereocenters. The van der Waals surface area contributed by atoms with E-state index < -0.39 is 11.1 Å². The van der Waals surface area contributed by atoms with E-state index in [0.717, 1.165) is 12.1 Å². The highest BCUT2D eigenvalue weighted by atomic mass is 19.1. The molecule has 4 heteroatoms. The van der Waals surface area contributed by atoms with Gasteiger partial charge in [-0.15, -0.1) is 0 Å². The van der Waals surface area contributed by atoms with Gasteiger partial charge in [0.2, 0.25) is 0 Å². The van der Waals surface area contributed by atoms with Crippen LogP contribution in [0.15, 0.2) is 12.4 Å². The fourth-order valence-corrected chi connectivity index (χ4v) is 1.64. The molecule has 1 unspecified atom stereocenters. The fraction of sp³-hybridized carbons (Fsp3) is 0.750. The van der Waals surface area contributed by atoms with Gasteiger partial charge in [-0.3, -0.25) is 4.68 Å². The zero-order valence-corrected chi connectivity index (χ0v) is 10.6. The Bertz CT molecular complexity index is 340. The molecule has 1 heterocycles. The number of nitrogens with two attached hydrogens (primary N) is 1. The zero-order chi connectivity index (χ0) is 12.4. The Labute approximate surface area is 96.8 Å². The minimum Gasteiger partial charge on any atom is -0.327 e. The van der Waals surface area contributed by atoms with E-state index in [1.807, 2.05) is 33.9 Å². The van der Waals surface area contributed by atoms with Crippen molar-refractivity contribution in [2.24, 2.45) is 11.1 Å². The smallest absolute Gasteiger partial charge is 0.132 e. The molecule has 0 amide bonds. The van der Waals surface area contributed by atoms with E-state index >= 15 is 0 Å². The summed E-state index contributed by atoms with van der Waals surface area (Å²) in [4.78, 5) is 0. The van der Waals surface area contributed by atoms with E-state index in [9.17, 15) is 4.39 Å². The molecule has 1 aromatic rings. The van der Waals surface area contributed by atoms with Gasteiger partial charge >= 0.3 is 0 Å². The minimum atomic E-state index is -1.38. The Morgan fingerprint density at radius 3 is 2.44 bits per heavy atom. The summed E-state index contributed by atoms with van der Waals surface area (Å²) < 4.78 is 16.5. The highest BCUT2D eigenvalue weighted by Crippen LogP contribution is 2.36. The van der Waals surface area contributed by atoms with Crippen LogP contribution in [0.25, 0.3) is 0 Å². The lowest BCUT2D eigenvalue weighted by molar-refractivity contribution is 0.0382. The Hall–Kier alpha value is -0.900. The third-order valence-corrected chi connectivity index (χ3v) is 3.16. The van der Waals surface area contributed by atoms with Crippen molar-refractivity contribution in [1.29, 1.82) is 0 Å². The molecule has 0 fully saturated rings. The second kappa shape index (κ2) is 4.53. The summed E-state index contributed by atoms with van der Waals surface area (Å²) in [6.07, 6.45) is 3.93. The highest BCUT2D eigenvalue weighted by molar-refractivity contribution is 5.11. The number of alkyl halides is 1. The van der Waals surface area contributed by atoms with Crippen molar-refractivity contribution < 1.29 is 4.39 Å². The van der Waals surface area contributed by atoms with Crippen LogP contribution in [0.1, 0.15) is 33.3 Å². The second-order valence-electron chi connectivity index (χ2n) is 5.30. The van der Waals surface area contributed by atoms with Crippen LogP contribution in [0.3, 0.4) is 0 Å². The topological polar surface area (TPSA) is 43.8 Å². The lowest BCUT2D eigenvalue weighted by Crippen LogP contribution is -2.47. The summed E-state index contributed by atoms with van der Waals surface area (Å²) in [5.41, 5.74) is 4.64. The highest BCUT2D eigenvalue weighted by Gasteiger charge is 2.41. The van der Waals surface area contributed by atoms with Crippen LogP contribution in [0.2, 0.25) is 0 Å². The van der Waals surface area contributed by atoms with E-state index in [4.69, 9.17) is 5.73 Å². The molecule has 0 radical (unpaired) electrons. The van der Waals surface area contributed by atoms with E-state index in [2.05, 4.69) is 5.10 Å². The summed E-state index contributed by atoms with van der Waals surface area (Å²) in [6.45, 7) is 8.48. The SMILES string of the molecule is CCn1cc(CC(F)(CN)C(C)(C)C)cn1. The molecule has 0 spiro atoms. The Morgan fingerprint density at radius 1 is 1.44 bits per heavy atom. The third-order valence-electron chi connectivity index (χ3n) is 3.16. The van der Waals surface area contributed by atoms with Crippen molar-refractivity contribution in [2.45, 2.75) is 46.3 Å². The summed E-state index contributed by atoms with van der Waals surface area (Å²) >= 11 is 0.